The number of likely N-dealkylation sites (N-methyl/N-ethyl adjacent to an activating group) is 1. The van der Waals surface area contributed by atoms with Crippen LogP contribution in [0.5, 0.6) is 0 Å². The van der Waals surface area contributed by atoms with E-state index in [4.69, 9.17) is 5.10 Å². The van der Waals surface area contributed by atoms with E-state index < -0.39 is 0 Å². The van der Waals surface area contributed by atoms with Crippen LogP contribution in [0, 0.1) is 0 Å². The number of aromatic nitrogens is 3. The monoisotopic (exact) mass is 349 g/mol. The van der Waals surface area contributed by atoms with Gasteiger partial charge in [-0.1, -0.05) is 37.3 Å². The predicted molar refractivity (Wildman–Crippen MR) is 106 cm³/mol. The molecule has 0 aliphatic heterocycles. The molecule has 0 unspecified atom stereocenters. The van der Waals surface area contributed by atoms with Crippen LogP contribution in [-0.4, -0.2) is 46.3 Å². The summed E-state index contributed by atoms with van der Waals surface area (Å²) in [5.74, 6) is 0. The Morgan fingerprint density at radius 1 is 1.12 bits per heavy atom. The van der Waals surface area contributed by atoms with Crippen LogP contribution in [0.3, 0.4) is 0 Å². The SMILES string of the molecule is CCN(C)CCNCc1cn(Cc2ccccc2)nc1-c1cccnc1. The number of hydrogen-bond acceptors (Lipinski definition) is 4. The zero-order valence-corrected chi connectivity index (χ0v) is 15.6. The summed E-state index contributed by atoms with van der Waals surface area (Å²) in [4.78, 5) is 6.55. The highest BCUT2D eigenvalue weighted by molar-refractivity contribution is 5.61. The van der Waals surface area contributed by atoms with Crippen molar-refractivity contribution < 1.29 is 0 Å². The first-order valence-electron chi connectivity index (χ1n) is 9.16. The quantitative estimate of drug-likeness (QED) is 0.603. The lowest BCUT2D eigenvalue weighted by Gasteiger charge is -2.13. The van der Waals surface area contributed by atoms with Crippen molar-refractivity contribution in [3.05, 3.63) is 72.2 Å². The minimum Gasteiger partial charge on any atom is -0.311 e. The Bertz CT molecular complexity index is 783. The Kier molecular flexibility index (Phi) is 6.52. The smallest absolute Gasteiger partial charge is 0.0983 e. The largest absolute Gasteiger partial charge is 0.311 e. The lowest BCUT2D eigenvalue weighted by atomic mass is 10.1. The Morgan fingerprint density at radius 3 is 2.69 bits per heavy atom. The van der Waals surface area contributed by atoms with E-state index >= 15 is 0 Å². The molecule has 2 heterocycles. The molecule has 0 amide bonds. The molecule has 3 aromatic rings. The third-order valence-corrected chi connectivity index (χ3v) is 4.49. The maximum absolute atomic E-state index is 4.83. The van der Waals surface area contributed by atoms with Crippen LogP contribution in [0.15, 0.2) is 61.1 Å². The van der Waals surface area contributed by atoms with E-state index in [1.165, 1.54) is 11.1 Å². The molecule has 0 fully saturated rings. The third kappa shape index (κ3) is 5.00. The maximum Gasteiger partial charge on any atom is 0.0983 e. The van der Waals surface area contributed by atoms with E-state index in [0.717, 1.165) is 44.0 Å². The molecule has 0 aliphatic rings. The molecule has 0 saturated heterocycles. The predicted octanol–water partition coefficient (Wildman–Crippen LogP) is 3.03. The number of pyridine rings is 1. The van der Waals surface area contributed by atoms with Gasteiger partial charge in [0.1, 0.15) is 0 Å². The van der Waals surface area contributed by atoms with Gasteiger partial charge in [-0.15, -0.1) is 0 Å². The molecule has 2 aromatic heterocycles. The molecule has 0 saturated carbocycles. The number of rotatable bonds is 9. The van der Waals surface area contributed by atoms with Gasteiger partial charge in [0.25, 0.3) is 0 Å². The average molecular weight is 349 g/mol. The molecule has 0 bridgehead atoms. The van der Waals surface area contributed by atoms with E-state index in [1.54, 1.807) is 6.20 Å². The summed E-state index contributed by atoms with van der Waals surface area (Å²) >= 11 is 0. The Morgan fingerprint density at radius 2 is 1.96 bits per heavy atom. The Labute approximate surface area is 155 Å². The molecule has 1 aromatic carbocycles. The van der Waals surface area contributed by atoms with E-state index in [-0.39, 0.29) is 0 Å². The number of benzene rings is 1. The summed E-state index contributed by atoms with van der Waals surface area (Å²) in [7, 11) is 2.14. The van der Waals surface area contributed by atoms with Gasteiger partial charge in [0.15, 0.2) is 0 Å². The number of hydrogen-bond donors (Lipinski definition) is 1. The second kappa shape index (κ2) is 9.27. The highest BCUT2D eigenvalue weighted by Crippen LogP contribution is 2.21. The summed E-state index contributed by atoms with van der Waals surface area (Å²) in [5, 5.41) is 8.37. The van der Waals surface area contributed by atoms with Crippen LogP contribution < -0.4 is 5.32 Å². The fraction of sp³-hybridized carbons (Fsp3) is 0.333. The first-order chi connectivity index (χ1) is 12.8. The molecule has 0 spiro atoms. The van der Waals surface area contributed by atoms with Gasteiger partial charge in [0, 0.05) is 49.4 Å². The second-order valence-electron chi connectivity index (χ2n) is 6.50. The zero-order valence-electron chi connectivity index (χ0n) is 15.6. The minimum absolute atomic E-state index is 0.771. The van der Waals surface area contributed by atoms with E-state index in [1.807, 2.05) is 23.0 Å². The molecule has 3 rings (SSSR count). The van der Waals surface area contributed by atoms with E-state index in [9.17, 15) is 0 Å². The van der Waals surface area contributed by atoms with Gasteiger partial charge < -0.3 is 10.2 Å². The summed E-state index contributed by atoms with van der Waals surface area (Å²) in [6, 6.07) is 14.4. The van der Waals surface area contributed by atoms with Crippen LogP contribution in [0.4, 0.5) is 0 Å². The van der Waals surface area contributed by atoms with Crippen LogP contribution in [0.1, 0.15) is 18.1 Å². The zero-order chi connectivity index (χ0) is 18.2. The minimum atomic E-state index is 0.771. The summed E-state index contributed by atoms with van der Waals surface area (Å²) in [6.07, 6.45) is 5.82. The molecule has 136 valence electrons. The standard InChI is InChI=1S/C21H27N5/c1-3-25(2)13-12-23-15-20-17-26(16-18-8-5-4-6-9-18)24-21(20)19-10-7-11-22-14-19/h4-11,14,17,23H,3,12-13,15-16H2,1-2H3. The van der Waals surface area contributed by atoms with Gasteiger partial charge in [-0.2, -0.15) is 5.10 Å². The van der Waals surface area contributed by atoms with Gasteiger partial charge >= 0.3 is 0 Å². The second-order valence-corrected chi connectivity index (χ2v) is 6.50. The number of nitrogens with one attached hydrogen (secondary N) is 1. The highest BCUT2D eigenvalue weighted by atomic mass is 15.3. The molecule has 5 nitrogen and oxygen atoms in total. The third-order valence-electron chi connectivity index (χ3n) is 4.49. The molecule has 0 atom stereocenters. The van der Waals surface area contributed by atoms with Crippen molar-refractivity contribution in [1.82, 2.24) is 25.0 Å². The highest BCUT2D eigenvalue weighted by Gasteiger charge is 2.11. The fourth-order valence-corrected chi connectivity index (χ4v) is 2.84. The number of nitrogens with zero attached hydrogens (tertiary/aromatic N) is 4. The van der Waals surface area contributed by atoms with Crippen molar-refractivity contribution in [2.45, 2.75) is 20.0 Å². The van der Waals surface area contributed by atoms with Gasteiger partial charge in [0.05, 0.1) is 12.2 Å². The molecular weight excluding hydrogens is 322 g/mol. The van der Waals surface area contributed by atoms with Crippen LogP contribution in [0.2, 0.25) is 0 Å². The van der Waals surface area contributed by atoms with Crippen molar-refractivity contribution in [3.63, 3.8) is 0 Å². The van der Waals surface area contributed by atoms with Crippen molar-refractivity contribution >= 4 is 0 Å². The Balaban J connectivity index is 1.75. The molecular formula is C21H27N5. The van der Waals surface area contributed by atoms with Crippen LogP contribution in [0.25, 0.3) is 11.3 Å². The molecule has 0 radical (unpaired) electrons. The van der Waals surface area contributed by atoms with Crippen molar-refractivity contribution in [2.24, 2.45) is 0 Å². The first kappa shape index (κ1) is 18.3. The van der Waals surface area contributed by atoms with Gasteiger partial charge in [-0.25, -0.2) is 0 Å². The Hall–Kier alpha value is -2.50. The lowest BCUT2D eigenvalue weighted by Crippen LogP contribution is -2.28. The summed E-state index contributed by atoms with van der Waals surface area (Å²) in [6.45, 7) is 6.81. The molecule has 26 heavy (non-hydrogen) atoms. The average Bonchev–Trinajstić information content (AvgIpc) is 3.09. The lowest BCUT2D eigenvalue weighted by molar-refractivity contribution is 0.349. The van der Waals surface area contributed by atoms with E-state index in [0.29, 0.717) is 0 Å². The molecule has 1 N–H and O–H groups in total. The van der Waals surface area contributed by atoms with Crippen molar-refractivity contribution in [1.29, 1.82) is 0 Å². The maximum atomic E-state index is 4.83. The summed E-state index contributed by atoms with van der Waals surface area (Å²) < 4.78 is 2.02. The van der Waals surface area contributed by atoms with E-state index in [2.05, 4.69) is 65.7 Å². The van der Waals surface area contributed by atoms with Crippen LogP contribution >= 0.6 is 0 Å². The van der Waals surface area contributed by atoms with Crippen molar-refractivity contribution in [2.75, 3.05) is 26.7 Å². The van der Waals surface area contributed by atoms with Gasteiger partial charge in [0.2, 0.25) is 0 Å². The van der Waals surface area contributed by atoms with Gasteiger partial charge in [-0.05, 0) is 31.3 Å². The molecule has 5 heteroatoms. The first-order valence-corrected chi connectivity index (χ1v) is 9.16. The topological polar surface area (TPSA) is 46.0 Å². The van der Waals surface area contributed by atoms with Gasteiger partial charge in [-0.3, -0.25) is 9.67 Å². The van der Waals surface area contributed by atoms with Crippen LogP contribution in [-0.2, 0) is 13.1 Å². The normalized spacial score (nSPS) is 11.2. The fourth-order valence-electron chi connectivity index (χ4n) is 2.84. The van der Waals surface area contributed by atoms with Crippen molar-refractivity contribution in [3.8, 4) is 11.3 Å². The molecule has 0 aliphatic carbocycles. The summed E-state index contributed by atoms with van der Waals surface area (Å²) in [5.41, 5.74) is 4.51.